The highest BCUT2D eigenvalue weighted by Gasteiger charge is 2.11. The molecule has 1 atom stereocenters. The average Bonchev–Trinajstić information content (AvgIpc) is 2.21. The van der Waals surface area contributed by atoms with E-state index in [1.807, 2.05) is 25.1 Å². The monoisotopic (exact) mass is 254 g/mol. The maximum Gasteiger partial charge on any atom is 0.130 e. The van der Waals surface area contributed by atoms with Gasteiger partial charge in [-0.1, -0.05) is 18.5 Å². The second-order valence-electron chi connectivity index (χ2n) is 4.40. The number of hydrogen-bond donors (Lipinski definition) is 0. The zero-order chi connectivity index (χ0) is 12.8. The normalized spacial score (nSPS) is 12.2. The summed E-state index contributed by atoms with van der Waals surface area (Å²) in [6, 6.07) is 5.64. The first-order chi connectivity index (χ1) is 8.02. The van der Waals surface area contributed by atoms with Crippen LogP contribution >= 0.6 is 11.6 Å². The van der Waals surface area contributed by atoms with E-state index in [4.69, 9.17) is 16.3 Å². The van der Waals surface area contributed by atoms with E-state index in [1.165, 1.54) is 0 Å². The number of ether oxygens (including phenoxy) is 1. The molecule has 0 amide bonds. The van der Waals surface area contributed by atoms with Crippen LogP contribution in [0.15, 0.2) is 18.2 Å². The van der Waals surface area contributed by atoms with E-state index >= 15 is 0 Å². The highest BCUT2D eigenvalue weighted by atomic mass is 35.5. The molecule has 0 bridgehead atoms. The van der Waals surface area contributed by atoms with E-state index < -0.39 is 0 Å². The number of benzene rings is 1. The first-order valence-electron chi connectivity index (χ1n) is 5.93. The van der Waals surface area contributed by atoms with Crippen molar-refractivity contribution in [3.05, 3.63) is 28.8 Å². The smallest absolute Gasteiger partial charge is 0.130 e. The molecular weight excluding hydrogens is 236 g/mol. The maximum absolute atomic E-state index is 11.1. The highest BCUT2D eigenvalue weighted by molar-refractivity contribution is 6.30. The van der Waals surface area contributed by atoms with Gasteiger partial charge in [0.25, 0.3) is 0 Å². The fourth-order valence-electron chi connectivity index (χ4n) is 1.94. The molecule has 1 rings (SSSR count). The number of halogens is 1. The molecule has 0 aliphatic rings. The van der Waals surface area contributed by atoms with Gasteiger partial charge in [-0.2, -0.15) is 0 Å². The molecule has 1 aromatic rings. The molecule has 0 fully saturated rings. The van der Waals surface area contributed by atoms with E-state index in [2.05, 4.69) is 6.92 Å². The lowest BCUT2D eigenvalue weighted by Gasteiger charge is -2.14. The molecule has 0 heterocycles. The van der Waals surface area contributed by atoms with Gasteiger partial charge in [0, 0.05) is 11.4 Å². The summed E-state index contributed by atoms with van der Waals surface area (Å²) in [5.74, 6) is 1.40. The van der Waals surface area contributed by atoms with Gasteiger partial charge in [-0.3, -0.25) is 0 Å². The topological polar surface area (TPSA) is 26.3 Å². The highest BCUT2D eigenvalue weighted by Crippen LogP contribution is 2.26. The van der Waals surface area contributed by atoms with Crippen LogP contribution in [0, 0.1) is 5.92 Å². The van der Waals surface area contributed by atoms with Crippen molar-refractivity contribution >= 4 is 17.4 Å². The van der Waals surface area contributed by atoms with Crippen LogP contribution < -0.4 is 4.74 Å². The predicted molar refractivity (Wildman–Crippen MR) is 70.8 cm³/mol. The van der Waals surface area contributed by atoms with E-state index in [9.17, 15) is 4.79 Å². The molecule has 1 aromatic carbocycles. The Morgan fingerprint density at radius 1 is 1.47 bits per heavy atom. The Bertz CT molecular complexity index is 388. The zero-order valence-corrected chi connectivity index (χ0v) is 11.4. The Balaban J connectivity index is 2.80. The summed E-state index contributed by atoms with van der Waals surface area (Å²) in [6.07, 6.45) is 1.41. The lowest BCUT2D eigenvalue weighted by atomic mass is 9.96. The molecule has 0 aliphatic heterocycles. The Kier molecular flexibility index (Phi) is 5.49. The maximum atomic E-state index is 11.1. The number of hydrogen-bond acceptors (Lipinski definition) is 2. The Labute approximate surface area is 108 Å². The third-order valence-electron chi connectivity index (χ3n) is 2.53. The predicted octanol–water partition coefficient (Wildman–Crippen LogP) is 3.90. The summed E-state index contributed by atoms with van der Waals surface area (Å²) in [4.78, 5) is 11.1. The van der Waals surface area contributed by atoms with E-state index in [0.717, 1.165) is 17.7 Å². The third kappa shape index (κ3) is 4.78. The Morgan fingerprint density at radius 3 is 2.76 bits per heavy atom. The molecule has 0 aromatic heterocycles. The summed E-state index contributed by atoms with van der Waals surface area (Å²) in [5.41, 5.74) is 1.08. The molecule has 17 heavy (non-hydrogen) atoms. The van der Waals surface area contributed by atoms with E-state index in [1.54, 1.807) is 6.92 Å². The number of carbonyl (C=O) groups is 1. The minimum Gasteiger partial charge on any atom is -0.494 e. The summed E-state index contributed by atoms with van der Waals surface area (Å²) in [7, 11) is 0. The second-order valence-corrected chi connectivity index (χ2v) is 4.84. The summed E-state index contributed by atoms with van der Waals surface area (Å²) >= 11 is 5.98. The van der Waals surface area contributed by atoms with Crippen molar-refractivity contribution in [3.63, 3.8) is 0 Å². The molecule has 3 heteroatoms. The molecule has 0 aliphatic carbocycles. The number of Topliss-reactive ketones (excluding diaryl/α,β-unsaturated/α-hetero) is 1. The number of rotatable bonds is 6. The number of carbonyl (C=O) groups excluding carboxylic acids is 1. The fourth-order valence-corrected chi connectivity index (χ4v) is 2.14. The van der Waals surface area contributed by atoms with Gasteiger partial charge < -0.3 is 9.53 Å². The van der Waals surface area contributed by atoms with Crippen LogP contribution in [-0.4, -0.2) is 12.4 Å². The molecule has 0 N–H and O–H groups in total. The Morgan fingerprint density at radius 2 is 2.18 bits per heavy atom. The van der Waals surface area contributed by atoms with Gasteiger partial charge in [-0.15, -0.1) is 0 Å². The van der Waals surface area contributed by atoms with Crippen LogP contribution in [0.3, 0.4) is 0 Å². The van der Waals surface area contributed by atoms with Crippen LogP contribution in [0.4, 0.5) is 0 Å². The second kappa shape index (κ2) is 6.65. The van der Waals surface area contributed by atoms with Gasteiger partial charge in [0.2, 0.25) is 0 Å². The number of ketones is 1. The van der Waals surface area contributed by atoms with Crippen molar-refractivity contribution in [3.8, 4) is 5.75 Å². The third-order valence-corrected chi connectivity index (χ3v) is 2.76. The molecule has 1 unspecified atom stereocenters. The van der Waals surface area contributed by atoms with Gasteiger partial charge in [0.15, 0.2) is 0 Å². The minimum atomic E-state index is 0.220. The van der Waals surface area contributed by atoms with Gasteiger partial charge in [0.1, 0.15) is 11.5 Å². The van der Waals surface area contributed by atoms with Crippen molar-refractivity contribution in [2.75, 3.05) is 6.61 Å². The van der Waals surface area contributed by atoms with Crippen molar-refractivity contribution in [1.82, 2.24) is 0 Å². The molecule has 2 nitrogen and oxygen atoms in total. The van der Waals surface area contributed by atoms with Gasteiger partial charge in [0.05, 0.1) is 6.61 Å². The summed E-state index contributed by atoms with van der Waals surface area (Å²) in [5, 5.41) is 0.707. The van der Waals surface area contributed by atoms with Crippen LogP contribution in [0.5, 0.6) is 5.75 Å². The van der Waals surface area contributed by atoms with Gasteiger partial charge >= 0.3 is 0 Å². The fraction of sp³-hybridized carbons (Fsp3) is 0.500. The van der Waals surface area contributed by atoms with Gasteiger partial charge in [-0.05, 0) is 49.9 Å². The molecule has 94 valence electrons. The minimum absolute atomic E-state index is 0.220. The van der Waals surface area contributed by atoms with Crippen molar-refractivity contribution in [2.45, 2.75) is 33.6 Å². The molecular formula is C14H19ClO2. The zero-order valence-electron chi connectivity index (χ0n) is 10.6. The standard InChI is InChI=1S/C14H19ClO2/c1-4-17-14-6-5-13(15)9-12(14)8-10(2)7-11(3)16/h5-6,9-10H,4,7-8H2,1-3H3. The van der Waals surface area contributed by atoms with Crippen LogP contribution in [0.25, 0.3) is 0 Å². The average molecular weight is 255 g/mol. The molecule has 0 saturated carbocycles. The lowest BCUT2D eigenvalue weighted by Crippen LogP contribution is -2.07. The first kappa shape index (κ1) is 14.0. The van der Waals surface area contributed by atoms with Crippen molar-refractivity contribution in [2.24, 2.45) is 5.92 Å². The van der Waals surface area contributed by atoms with Crippen LogP contribution in [0.1, 0.15) is 32.8 Å². The first-order valence-corrected chi connectivity index (χ1v) is 6.31. The molecule has 0 saturated heterocycles. The SMILES string of the molecule is CCOc1ccc(Cl)cc1CC(C)CC(C)=O. The summed E-state index contributed by atoms with van der Waals surface area (Å²) < 4.78 is 5.55. The van der Waals surface area contributed by atoms with Crippen molar-refractivity contribution in [1.29, 1.82) is 0 Å². The Hall–Kier alpha value is -1.02. The van der Waals surface area contributed by atoms with Crippen LogP contribution in [-0.2, 0) is 11.2 Å². The van der Waals surface area contributed by atoms with Gasteiger partial charge in [-0.25, -0.2) is 0 Å². The quantitative estimate of drug-likeness (QED) is 0.770. The van der Waals surface area contributed by atoms with E-state index in [-0.39, 0.29) is 5.78 Å². The van der Waals surface area contributed by atoms with Crippen molar-refractivity contribution < 1.29 is 9.53 Å². The molecule has 0 radical (unpaired) electrons. The van der Waals surface area contributed by atoms with E-state index in [0.29, 0.717) is 24.0 Å². The molecule has 0 spiro atoms. The summed E-state index contributed by atoms with van der Waals surface area (Å²) in [6.45, 7) is 6.28. The van der Waals surface area contributed by atoms with Crippen LogP contribution in [0.2, 0.25) is 5.02 Å². The lowest BCUT2D eigenvalue weighted by molar-refractivity contribution is -0.117. The largest absolute Gasteiger partial charge is 0.494 e.